The number of benzene rings is 1. The predicted molar refractivity (Wildman–Crippen MR) is 136 cm³/mol. The number of ketones is 1. The molecule has 0 saturated heterocycles. The van der Waals surface area contributed by atoms with Crippen LogP contribution in [0, 0.1) is 10.1 Å². The molecule has 15 heteroatoms. The molecule has 1 aliphatic rings. The average Bonchev–Trinajstić information content (AvgIpc) is 2.92. The molecule has 7 N–H and O–H groups in total. The van der Waals surface area contributed by atoms with E-state index in [4.69, 9.17) is 16.4 Å². The summed E-state index contributed by atoms with van der Waals surface area (Å²) >= 11 is 0. The lowest BCUT2D eigenvalue weighted by molar-refractivity contribution is -0.384. The summed E-state index contributed by atoms with van der Waals surface area (Å²) in [5, 5.41) is 19.0. The Bertz CT molecular complexity index is 1080. The second kappa shape index (κ2) is 15.3. The number of nitrogens with zero attached hydrogens (tertiary/aromatic N) is 1. The van der Waals surface area contributed by atoms with Crippen LogP contribution in [0.1, 0.15) is 62.2 Å². The van der Waals surface area contributed by atoms with Gasteiger partial charge in [-0.2, -0.15) is 5.90 Å². The van der Waals surface area contributed by atoms with Gasteiger partial charge in [0.15, 0.2) is 5.78 Å². The number of amides is 3. The highest BCUT2D eigenvalue weighted by Crippen LogP contribution is 2.25. The Morgan fingerprint density at radius 1 is 1.10 bits per heavy atom. The van der Waals surface area contributed by atoms with Crippen molar-refractivity contribution in [3.63, 3.8) is 0 Å². The number of nitrogens with one attached hydrogen (secondary N) is 3. The summed E-state index contributed by atoms with van der Waals surface area (Å²) in [4.78, 5) is 78.6. The molecule has 0 aromatic heterocycles. The number of rotatable bonds is 10. The number of nitrogens with two attached hydrogens (primary N) is 2. The van der Waals surface area contributed by atoms with Crippen LogP contribution in [0.5, 0.6) is 5.75 Å². The van der Waals surface area contributed by atoms with Gasteiger partial charge in [-0.3, -0.25) is 34.1 Å². The number of hydrogen-bond donors (Lipinski definition) is 5. The Labute approximate surface area is 224 Å². The Morgan fingerprint density at radius 2 is 1.79 bits per heavy atom. The molecule has 1 heterocycles. The van der Waals surface area contributed by atoms with Crippen LogP contribution in [0.4, 0.5) is 5.69 Å². The zero-order valence-corrected chi connectivity index (χ0v) is 21.6. The highest BCUT2D eigenvalue weighted by molar-refractivity contribution is 6.01. The minimum atomic E-state index is -1.36. The molecule has 1 unspecified atom stereocenters. The third-order valence-electron chi connectivity index (χ3n) is 6.11. The number of carbonyl (C=O) groups excluding carboxylic acids is 5. The van der Waals surface area contributed by atoms with Crippen LogP contribution in [-0.4, -0.2) is 65.7 Å². The summed E-state index contributed by atoms with van der Waals surface area (Å²) < 4.78 is 5.69. The highest BCUT2D eigenvalue weighted by Gasteiger charge is 2.31. The van der Waals surface area contributed by atoms with Gasteiger partial charge in [0.1, 0.15) is 17.8 Å². The van der Waals surface area contributed by atoms with E-state index in [-0.39, 0.29) is 55.8 Å². The monoisotopic (exact) mass is 550 g/mol. The molecular weight excluding hydrogens is 516 g/mol. The molecule has 0 bridgehead atoms. The molecule has 0 spiro atoms. The number of carbonyl (C=O) groups is 5. The quantitative estimate of drug-likeness (QED) is 0.145. The van der Waals surface area contributed by atoms with Crippen molar-refractivity contribution in [2.24, 2.45) is 11.6 Å². The Morgan fingerprint density at radius 3 is 2.44 bits per heavy atom. The SMILES string of the molecule is CCC(=O)C1CCOc2ccc([N+](=O)[O-])cc2C(=O)N[C@@H](CCC(=O)ON)C(=O)N[C@@H](CCCCN)C(=O)N1. The lowest BCUT2D eigenvalue weighted by Gasteiger charge is -2.26. The van der Waals surface area contributed by atoms with Crippen LogP contribution in [0.25, 0.3) is 0 Å². The van der Waals surface area contributed by atoms with E-state index in [1.54, 1.807) is 6.92 Å². The first-order valence-corrected chi connectivity index (χ1v) is 12.6. The molecule has 214 valence electrons. The number of nitro benzene ring substituents is 1. The predicted octanol–water partition coefficient (Wildman–Crippen LogP) is -0.249. The van der Waals surface area contributed by atoms with Crippen molar-refractivity contribution in [1.29, 1.82) is 0 Å². The van der Waals surface area contributed by atoms with Crippen LogP contribution < -0.4 is 32.3 Å². The van der Waals surface area contributed by atoms with Crippen LogP contribution in [0.3, 0.4) is 0 Å². The molecule has 0 aliphatic carbocycles. The summed E-state index contributed by atoms with van der Waals surface area (Å²) in [5.41, 5.74) is 4.92. The van der Waals surface area contributed by atoms with E-state index in [1.165, 1.54) is 6.07 Å². The largest absolute Gasteiger partial charge is 0.493 e. The maximum absolute atomic E-state index is 13.3. The molecule has 2 rings (SSSR count). The van der Waals surface area contributed by atoms with Crippen molar-refractivity contribution in [3.8, 4) is 5.75 Å². The van der Waals surface area contributed by atoms with E-state index in [1.807, 2.05) is 0 Å². The summed E-state index contributed by atoms with van der Waals surface area (Å²) in [6, 6.07) is -0.0172. The number of nitro groups is 1. The van der Waals surface area contributed by atoms with Gasteiger partial charge < -0.3 is 31.3 Å². The number of unbranched alkanes of at least 4 members (excludes halogenated alkanes) is 1. The molecule has 0 radical (unpaired) electrons. The van der Waals surface area contributed by atoms with Gasteiger partial charge in [-0.05, 0) is 38.3 Å². The lowest BCUT2D eigenvalue weighted by atomic mass is 10.0. The molecule has 15 nitrogen and oxygen atoms in total. The van der Waals surface area contributed by atoms with Gasteiger partial charge in [0.25, 0.3) is 11.6 Å². The van der Waals surface area contributed by atoms with E-state index >= 15 is 0 Å². The first kappa shape index (κ1) is 31.1. The van der Waals surface area contributed by atoms with Gasteiger partial charge in [0, 0.05) is 31.4 Å². The normalized spacial score (nSPS) is 20.3. The molecule has 1 aromatic carbocycles. The second-order valence-electron chi connectivity index (χ2n) is 8.86. The highest BCUT2D eigenvalue weighted by atomic mass is 16.7. The fourth-order valence-electron chi connectivity index (χ4n) is 3.91. The third-order valence-corrected chi connectivity index (χ3v) is 6.11. The molecule has 1 aliphatic heterocycles. The van der Waals surface area contributed by atoms with Crippen molar-refractivity contribution >= 4 is 35.2 Å². The molecule has 0 fully saturated rings. The average molecular weight is 551 g/mol. The van der Waals surface area contributed by atoms with E-state index in [0.29, 0.717) is 19.4 Å². The standard InChI is InChI=1S/C24H34N6O9/c1-2-19(31)16-10-12-38-20-8-6-14(30(36)37)13-15(20)22(33)28-18(7-9-21(32)39-26)24(35)29-17(23(34)27-16)5-3-4-11-25/h6,8,13,16-18H,2-5,7,9-12,25-26H2,1H3,(H,27,34)(H,28,33)(H,29,35)/t16?,17-,18-/m0/s1. The van der Waals surface area contributed by atoms with Crippen LogP contribution >= 0.6 is 0 Å². The summed E-state index contributed by atoms with van der Waals surface area (Å²) in [5.74, 6) is 1.42. The summed E-state index contributed by atoms with van der Waals surface area (Å²) in [6.45, 7) is 1.89. The Kier molecular flexibility index (Phi) is 12.2. The van der Waals surface area contributed by atoms with Crippen molar-refractivity contribution in [2.75, 3.05) is 13.2 Å². The van der Waals surface area contributed by atoms with Gasteiger partial charge in [-0.25, -0.2) is 0 Å². The van der Waals surface area contributed by atoms with Crippen molar-refractivity contribution in [3.05, 3.63) is 33.9 Å². The number of ether oxygens (including phenoxy) is 1. The molecule has 3 atom stereocenters. The van der Waals surface area contributed by atoms with E-state index in [0.717, 1.165) is 12.1 Å². The fraction of sp³-hybridized carbons (Fsp3) is 0.542. The zero-order valence-electron chi connectivity index (χ0n) is 21.6. The van der Waals surface area contributed by atoms with Crippen molar-refractivity contribution in [1.82, 2.24) is 16.0 Å². The van der Waals surface area contributed by atoms with Gasteiger partial charge in [-0.1, -0.05) is 6.92 Å². The van der Waals surface area contributed by atoms with Crippen molar-refractivity contribution < 1.29 is 38.5 Å². The first-order chi connectivity index (χ1) is 18.6. The van der Waals surface area contributed by atoms with Crippen LogP contribution in [-0.2, 0) is 24.0 Å². The maximum Gasteiger partial charge on any atom is 0.324 e. The van der Waals surface area contributed by atoms with Gasteiger partial charge in [-0.15, -0.1) is 0 Å². The fourth-order valence-corrected chi connectivity index (χ4v) is 3.91. The number of fused-ring (bicyclic) bond motifs is 1. The topological polar surface area (TPSA) is 235 Å². The van der Waals surface area contributed by atoms with Gasteiger partial charge in [0.2, 0.25) is 11.8 Å². The summed E-state index contributed by atoms with van der Waals surface area (Å²) in [7, 11) is 0. The number of hydrogen-bond acceptors (Lipinski definition) is 11. The number of non-ortho nitro benzene ring substituents is 1. The molecule has 3 amide bonds. The summed E-state index contributed by atoms with van der Waals surface area (Å²) in [6.07, 6.45) is 0.806. The maximum atomic E-state index is 13.3. The van der Waals surface area contributed by atoms with Crippen LogP contribution in [0.15, 0.2) is 18.2 Å². The second-order valence-corrected chi connectivity index (χ2v) is 8.86. The zero-order chi connectivity index (χ0) is 28.9. The minimum absolute atomic E-state index is 0.0376. The van der Waals surface area contributed by atoms with Gasteiger partial charge in [0.05, 0.1) is 23.1 Å². The van der Waals surface area contributed by atoms with Crippen molar-refractivity contribution in [2.45, 2.75) is 70.0 Å². The minimum Gasteiger partial charge on any atom is -0.493 e. The molecule has 0 saturated carbocycles. The van der Waals surface area contributed by atoms with Crippen LogP contribution in [0.2, 0.25) is 0 Å². The van der Waals surface area contributed by atoms with E-state index in [2.05, 4.69) is 20.8 Å². The lowest BCUT2D eigenvalue weighted by Crippen LogP contribution is -2.56. The first-order valence-electron chi connectivity index (χ1n) is 12.6. The van der Waals surface area contributed by atoms with Gasteiger partial charge >= 0.3 is 5.97 Å². The van der Waals surface area contributed by atoms with E-state index < -0.39 is 52.4 Å². The smallest absolute Gasteiger partial charge is 0.324 e. The molecule has 39 heavy (non-hydrogen) atoms. The Balaban J connectivity index is 2.50. The molecular formula is C24H34N6O9. The van der Waals surface area contributed by atoms with E-state index in [9.17, 15) is 34.1 Å². The number of Topliss-reactive ketones (excluding diaryl/α,β-unsaturated/α-hetero) is 1. The molecule has 1 aromatic rings. The third kappa shape index (κ3) is 9.30. The Hall–Kier alpha value is -4.11.